The van der Waals surface area contributed by atoms with Gasteiger partial charge in [-0.2, -0.15) is 0 Å². The molecular formula is C17H19BrN2O. The number of carbonyl (C=O) groups is 1. The summed E-state index contributed by atoms with van der Waals surface area (Å²) in [6, 6.07) is 13.8. The maximum Gasteiger partial charge on any atom is 0.226 e. The molecule has 0 spiro atoms. The fourth-order valence-electron chi connectivity index (χ4n) is 1.76. The maximum atomic E-state index is 11.6. The highest BCUT2D eigenvalue weighted by molar-refractivity contribution is 9.10. The average Bonchev–Trinajstić information content (AvgIpc) is 2.45. The zero-order valence-corrected chi connectivity index (χ0v) is 14.0. The molecule has 0 radical (unpaired) electrons. The minimum absolute atomic E-state index is 0.0206. The summed E-state index contributed by atoms with van der Waals surface area (Å²) in [6.45, 7) is 5.81. The number of halogens is 1. The van der Waals surface area contributed by atoms with E-state index in [1.54, 1.807) is 0 Å². The third-order valence-electron chi connectivity index (χ3n) is 3.14. The monoisotopic (exact) mass is 346 g/mol. The van der Waals surface area contributed by atoms with Gasteiger partial charge in [0.2, 0.25) is 5.91 Å². The molecule has 0 aliphatic heterocycles. The van der Waals surface area contributed by atoms with Crippen molar-refractivity contribution in [2.45, 2.75) is 20.8 Å². The summed E-state index contributed by atoms with van der Waals surface area (Å²) >= 11 is 3.52. The van der Waals surface area contributed by atoms with E-state index in [0.717, 1.165) is 21.5 Å². The number of benzene rings is 2. The topological polar surface area (TPSA) is 41.1 Å². The van der Waals surface area contributed by atoms with Crippen LogP contribution in [0.3, 0.4) is 0 Å². The molecule has 110 valence electrons. The summed E-state index contributed by atoms with van der Waals surface area (Å²) in [6.07, 6.45) is 0. The van der Waals surface area contributed by atoms with Crippen LogP contribution in [0.15, 0.2) is 46.9 Å². The molecule has 0 aliphatic rings. The van der Waals surface area contributed by atoms with E-state index in [9.17, 15) is 4.79 Å². The van der Waals surface area contributed by atoms with Crippen LogP contribution in [-0.2, 0) is 4.79 Å². The van der Waals surface area contributed by atoms with Gasteiger partial charge in [0.15, 0.2) is 0 Å². The van der Waals surface area contributed by atoms with Crippen molar-refractivity contribution in [1.82, 2.24) is 0 Å². The second-order valence-electron chi connectivity index (χ2n) is 5.31. The van der Waals surface area contributed by atoms with Gasteiger partial charge in [-0.15, -0.1) is 0 Å². The van der Waals surface area contributed by atoms with Crippen molar-refractivity contribution in [2.24, 2.45) is 5.92 Å². The molecule has 4 heteroatoms. The molecule has 2 rings (SSSR count). The van der Waals surface area contributed by atoms with Crippen LogP contribution in [0.5, 0.6) is 0 Å². The minimum Gasteiger partial charge on any atom is -0.355 e. The van der Waals surface area contributed by atoms with E-state index in [4.69, 9.17) is 0 Å². The van der Waals surface area contributed by atoms with E-state index in [2.05, 4.69) is 39.6 Å². The molecule has 0 heterocycles. The van der Waals surface area contributed by atoms with Gasteiger partial charge in [-0.05, 0) is 48.9 Å². The van der Waals surface area contributed by atoms with Crippen LogP contribution in [0.4, 0.5) is 17.1 Å². The summed E-state index contributed by atoms with van der Waals surface area (Å²) in [4.78, 5) is 11.6. The number of nitrogens with one attached hydrogen (secondary N) is 2. The molecule has 2 N–H and O–H groups in total. The van der Waals surface area contributed by atoms with Crippen LogP contribution in [0.2, 0.25) is 0 Å². The first-order chi connectivity index (χ1) is 9.95. The predicted octanol–water partition coefficient (Wildman–Crippen LogP) is 5.10. The number of anilines is 3. The van der Waals surface area contributed by atoms with Gasteiger partial charge in [-0.25, -0.2) is 0 Å². The number of hydrogen-bond donors (Lipinski definition) is 2. The van der Waals surface area contributed by atoms with Gasteiger partial charge < -0.3 is 10.6 Å². The first kappa shape index (κ1) is 15.6. The summed E-state index contributed by atoms with van der Waals surface area (Å²) in [5, 5.41) is 6.21. The SMILES string of the molecule is Cc1ccc(Nc2ccc(NC(=O)C(C)C)cc2)cc1Br. The molecule has 2 aromatic carbocycles. The molecule has 0 saturated heterocycles. The van der Waals surface area contributed by atoms with Crippen LogP contribution in [-0.4, -0.2) is 5.91 Å². The van der Waals surface area contributed by atoms with Crippen molar-refractivity contribution in [2.75, 3.05) is 10.6 Å². The molecule has 2 aromatic rings. The van der Waals surface area contributed by atoms with Crippen LogP contribution >= 0.6 is 15.9 Å². The molecule has 0 aliphatic carbocycles. The highest BCUT2D eigenvalue weighted by Crippen LogP contribution is 2.24. The van der Waals surface area contributed by atoms with Gasteiger partial charge in [0.1, 0.15) is 0 Å². The first-order valence-electron chi connectivity index (χ1n) is 6.90. The Hall–Kier alpha value is -1.81. The first-order valence-corrected chi connectivity index (χ1v) is 7.69. The van der Waals surface area contributed by atoms with Gasteiger partial charge >= 0.3 is 0 Å². The van der Waals surface area contributed by atoms with Gasteiger partial charge in [-0.1, -0.05) is 35.8 Å². The lowest BCUT2D eigenvalue weighted by Crippen LogP contribution is -2.17. The highest BCUT2D eigenvalue weighted by atomic mass is 79.9. The predicted molar refractivity (Wildman–Crippen MR) is 92.1 cm³/mol. The van der Waals surface area contributed by atoms with Crippen molar-refractivity contribution >= 4 is 38.9 Å². The zero-order chi connectivity index (χ0) is 15.4. The number of carbonyl (C=O) groups excluding carboxylic acids is 1. The number of hydrogen-bond acceptors (Lipinski definition) is 2. The quantitative estimate of drug-likeness (QED) is 0.808. The molecule has 21 heavy (non-hydrogen) atoms. The second-order valence-corrected chi connectivity index (χ2v) is 6.16. The Morgan fingerprint density at radius 3 is 2.14 bits per heavy atom. The van der Waals surface area contributed by atoms with E-state index >= 15 is 0 Å². The number of rotatable bonds is 4. The molecule has 0 fully saturated rings. The standard InChI is InChI=1S/C17H19BrN2O/c1-11(2)17(21)20-14-8-6-13(7-9-14)19-15-5-4-12(3)16(18)10-15/h4-11,19H,1-3H3,(H,20,21). The van der Waals surface area contributed by atoms with Crippen LogP contribution in [0, 0.1) is 12.8 Å². The third-order valence-corrected chi connectivity index (χ3v) is 3.99. The van der Waals surface area contributed by atoms with E-state index in [0.29, 0.717) is 0 Å². The van der Waals surface area contributed by atoms with Gasteiger partial charge in [0, 0.05) is 27.5 Å². The average molecular weight is 347 g/mol. The molecule has 0 saturated carbocycles. The van der Waals surface area contributed by atoms with Gasteiger partial charge in [0.25, 0.3) is 0 Å². The second kappa shape index (κ2) is 6.76. The Morgan fingerprint density at radius 2 is 1.57 bits per heavy atom. The van der Waals surface area contributed by atoms with Crippen molar-refractivity contribution < 1.29 is 4.79 Å². The Labute approximate surface area is 133 Å². The lowest BCUT2D eigenvalue weighted by atomic mass is 10.2. The molecule has 3 nitrogen and oxygen atoms in total. The molecule has 1 amide bonds. The lowest BCUT2D eigenvalue weighted by Gasteiger charge is -2.10. The molecular weight excluding hydrogens is 328 g/mol. The van der Waals surface area contributed by atoms with Crippen LogP contribution in [0.25, 0.3) is 0 Å². The van der Waals surface area contributed by atoms with Crippen molar-refractivity contribution in [3.63, 3.8) is 0 Å². The Bertz CT molecular complexity index is 636. The molecule has 0 bridgehead atoms. The van der Waals surface area contributed by atoms with Crippen molar-refractivity contribution in [3.05, 3.63) is 52.5 Å². The Balaban J connectivity index is 2.05. The summed E-state index contributed by atoms with van der Waals surface area (Å²) in [7, 11) is 0. The number of amides is 1. The summed E-state index contributed by atoms with van der Waals surface area (Å²) in [5.41, 5.74) is 4.01. The van der Waals surface area contributed by atoms with Gasteiger partial charge in [0.05, 0.1) is 0 Å². The summed E-state index contributed by atoms with van der Waals surface area (Å²) in [5.74, 6) is 0.00545. The fraction of sp³-hybridized carbons (Fsp3) is 0.235. The van der Waals surface area contributed by atoms with E-state index in [1.807, 2.05) is 50.2 Å². The summed E-state index contributed by atoms with van der Waals surface area (Å²) < 4.78 is 1.08. The molecule has 0 unspecified atom stereocenters. The van der Waals surface area contributed by atoms with E-state index in [1.165, 1.54) is 5.56 Å². The van der Waals surface area contributed by atoms with Crippen molar-refractivity contribution in [3.8, 4) is 0 Å². The van der Waals surface area contributed by atoms with E-state index < -0.39 is 0 Å². The van der Waals surface area contributed by atoms with Crippen LogP contribution in [0.1, 0.15) is 19.4 Å². The number of aryl methyl sites for hydroxylation is 1. The van der Waals surface area contributed by atoms with E-state index in [-0.39, 0.29) is 11.8 Å². The van der Waals surface area contributed by atoms with Crippen LogP contribution < -0.4 is 10.6 Å². The fourth-order valence-corrected chi connectivity index (χ4v) is 2.14. The zero-order valence-electron chi connectivity index (χ0n) is 12.4. The third kappa shape index (κ3) is 4.33. The Kier molecular flexibility index (Phi) is 5.02. The smallest absolute Gasteiger partial charge is 0.226 e. The Morgan fingerprint density at radius 1 is 1.00 bits per heavy atom. The maximum absolute atomic E-state index is 11.6. The molecule has 0 aromatic heterocycles. The van der Waals surface area contributed by atoms with Crippen molar-refractivity contribution in [1.29, 1.82) is 0 Å². The molecule has 0 atom stereocenters. The van der Waals surface area contributed by atoms with Gasteiger partial charge in [-0.3, -0.25) is 4.79 Å². The lowest BCUT2D eigenvalue weighted by molar-refractivity contribution is -0.118. The normalized spacial score (nSPS) is 10.5. The minimum atomic E-state index is -0.0206. The highest BCUT2D eigenvalue weighted by Gasteiger charge is 2.06. The largest absolute Gasteiger partial charge is 0.355 e.